The standard InChI is InChI=1S/C23H19ClN2O/c1-15-7-9-17(10-8-15)23-26-21(19-13-18(24)11-12-22(19)27-23)14-20(25-26)16-5-3-2-4-6-16/h2-13,21,23H,14H2,1H3. The van der Waals surface area contributed by atoms with Crippen molar-refractivity contribution in [2.75, 3.05) is 0 Å². The molecule has 0 saturated heterocycles. The minimum atomic E-state index is -0.245. The molecule has 2 aliphatic heterocycles. The van der Waals surface area contributed by atoms with Crippen molar-refractivity contribution >= 4 is 17.3 Å². The molecule has 3 aromatic rings. The second kappa shape index (κ2) is 6.43. The van der Waals surface area contributed by atoms with Crippen LogP contribution in [0, 0.1) is 6.92 Å². The summed E-state index contributed by atoms with van der Waals surface area (Å²) in [4.78, 5) is 0. The molecular weight excluding hydrogens is 356 g/mol. The fourth-order valence-electron chi connectivity index (χ4n) is 3.81. The number of benzene rings is 3. The van der Waals surface area contributed by atoms with Crippen LogP contribution in [-0.4, -0.2) is 10.7 Å². The van der Waals surface area contributed by atoms with Gasteiger partial charge in [-0.2, -0.15) is 5.10 Å². The lowest BCUT2D eigenvalue weighted by Gasteiger charge is -2.38. The van der Waals surface area contributed by atoms with Crippen molar-refractivity contribution in [2.45, 2.75) is 25.6 Å². The molecule has 2 aliphatic rings. The molecule has 0 bridgehead atoms. The first-order chi connectivity index (χ1) is 13.2. The summed E-state index contributed by atoms with van der Waals surface area (Å²) >= 11 is 6.28. The van der Waals surface area contributed by atoms with Crippen molar-refractivity contribution in [3.8, 4) is 5.75 Å². The summed E-state index contributed by atoms with van der Waals surface area (Å²) in [6.07, 6.45) is 0.591. The van der Waals surface area contributed by atoms with E-state index in [1.54, 1.807) is 0 Å². The van der Waals surface area contributed by atoms with Crippen molar-refractivity contribution in [3.63, 3.8) is 0 Å². The summed E-state index contributed by atoms with van der Waals surface area (Å²) in [6.45, 7) is 2.09. The van der Waals surface area contributed by atoms with Crippen LogP contribution in [0.3, 0.4) is 0 Å². The average Bonchev–Trinajstić information content (AvgIpc) is 3.15. The summed E-state index contributed by atoms with van der Waals surface area (Å²) < 4.78 is 6.37. The summed E-state index contributed by atoms with van der Waals surface area (Å²) in [5, 5.41) is 7.78. The SMILES string of the molecule is Cc1ccc(C2Oc3ccc(Cl)cc3C3CC(c4ccccc4)=NN32)cc1. The highest BCUT2D eigenvalue weighted by atomic mass is 35.5. The Kier molecular flexibility index (Phi) is 3.91. The largest absolute Gasteiger partial charge is 0.464 e. The number of fused-ring (bicyclic) bond motifs is 3. The maximum absolute atomic E-state index is 6.37. The summed E-state index contributed by atoms with van der Waals surface area (Å²) in [6, 6.07) is 24.8. The number of ether oxygens (including phenoxy) is 1. The van der Waals surface area contributed by atoms with Crippen LogP contribution >= 0.6 is 11.6 Å². The van der Waals surface area contributed by atoms with E-state index in [4.69, 9.17) is 21.4 Å². The van der Waals surface area contributed by atoms with Crippen molar-refractivity contribution in [1.82, 2.24) is 5.01 Å². The van der Waals surface area contributed by atoms with Crippen molar-refractivity contribution in [3.05, 3.63) is 100 Å². The minimum absolute atomic E-state index is 0.119. The molecule has 2 heterocycles. The van der Waals surface area contributed by atoms with Crippen LogP contribution < -0.4 is 4.74 Å². The monoisotopic (exact) mass is 374 g/mol. The van der Waals surface area contributed by atoms with Crippen LogP contribution in [0.1, 0.15) is 40.9 Å². The van der Waals surface area contributed by atoms with Crippen LogP contribution in [0.4, 0.5) is 0 Å². The van der Waals surface area contributed by atoms with Gasteiger partial charge < -0.3 is 4.74 Å². The van der Waals surface area contributed by atoms with Gasteiger partial charge in [-0.15, -0.1) is 0 Å². The molecule has 0 spiro atoms. The fourth-order valence-corrected chi connectivity index (χ4v) is 3.99. The van der Waals surface area contributed by atoms with Crippen LogP contribution in [-0.2, 0) is 0 Å². The lowest BCUT2D eigenvalue weighted by atomic mass is 9.96. The third kappa shape index (κ3) is 2.88. The maximum atomic E-state index is 6.37. The molecular formula is C23H19ClN2O. The van der Waals surface area contributed by atoms with Crippen molar-refractivity contribution < 1.29 is 4.74 Å². The second-order valence-corrected chi connectivity index (χ2v) is 7.51. The maximum Gasteiger partial charge on any atom is 0.213 e. The van der Waals surface area contributed by atoms with E-state index in [1.807, 2.05) is 36.4 Å². The zero-order valence-corrected chi connectivity index (χ0v) is 15.7. The van der Waals surface area contributed by atoms with E-state index in [0.717, 1.165) is 39.6 Å². The third-order valence-corrected chi connectivity index (χ3v) is 5.46. The van der Waals surface area contributed by atoms with Gasteiger partial charge in [0.05, 0.1) is 11.8 Å². The minimum Gasteiger partial charge on any atom is -0.464 e. The van der Waals surface area contributed by atoms with Crippen LogP contribution in [0.5, 0.6) is 5.75 Å². The quantitative estimate of drug-likeness (QED) is 0.558. The molecule has 2 unspecified atom stereocenters. The van der Waals surface area contributed by atoms with E-state index < -0.39 is 0 Å². The first-order valence-corrected chi connectivity index (χ1v) is 9.51. The highest BCUT2D eigenvalue weighted by Crippen LogP contribution is 2.48. The molecule has 3 nitrogen and oxygen atoms in total. The zero-order chi connectivity index (χ0) is 18.4. The Balaban J connectivity index is 1.61. The number of halogens is 1. The molecule has 27 heavy (non-hydrogen) atoms. The lowest BCUT2D eigenvalue weighted by molar-refractivity contribution is -0.0190. The Labute approximate surface area is 163 Å². The first-order valence-electron chi connectivity index (χ1n) is 9.13. The number of nitrogens with zero attached hydrogens (tertiary/aromatic N) is 2. The topological polar surface area (TPSA) is 24.8 Å². The normalized spacial score (nSPS) is 20.5. The van der Waals surface area contributed by atoms with Crippen molar-refractivity contribution in [1.29, 1.82) is 0 Å². The molecule has 134 valence electrons. The molecule has 0 aromatic heterocycles. The van der Waals surface area contributed by atoms with Gasteiger partial charge in [0, 0.05) is 22.6 Å². The van der Waals surface area contributed by atoms with E-state index in [1.165, 1.54) is 5.56 Å². The number of hydrazone groups is 1. The van der Waals surface area contributed by atoms with Gasteiger partial charge in [0.1, 0.15) is 5.75 Å². The van der Waals surface area contributed by atoms with E-state index in [0.29, 0.717) is 0 Å². The van der Waals surface area contributed by atoms with Crippen LogP contribution in [0.25, 0.3) is 0 Å². The number of aryl methyl sites for hydroxylation is 1. The van der Waals surface area contributed by atoms with Gasteiger partial charge in [-0.05, 0) is 30.7 Å². The summed E-state index contributed by atoms with van der Waals surface area (Å²) in [7, 11) is 0. The smallest absolute Gasteiger partial charge is 0.213 e. The van der Waals surface area contributed by atoms with Gasteiger partial charge in [-0.25, -0.2) is 5.01 Å². The Morgan fingerprint density at radius 2 is 1.78 bits per heavy atom. The number of hydrogen-bond donors (Lipinski definition) is 0. The first kappa shape index (κ1) is 16.4. The van der Waals surface area contributed by atoms with Crippen LogP contribution in [0.2, 0.25) is 5.02 Å². The van der Waals surface area contributed by atoms with Gasteiger partial charge in [0.15, 0.2) is 0 Å². The van der Waals surface area contributed by atoms with Gasteiger partial charge in [-0.3, -0.25) is 0 Å². The van der Waals surface area contributed by atoms with E-state index in [9.17, 15) is 0 Å². The average molecular weight is 375 g/mol. The molecule has 5 rings (SSSR count). The highest BCUT2D eigenvalue weighted by molar-refractivity contribution is 6.30. The Hall–Kier alpha value is -2.78. The fraction of sp³-hybridized carbons (Fsp3) is 0.174. The van der Waals surface area contributed by atoms with Gasteiger partial charge in [-0.1, -0.05) is 71.8 Å². The molecule has 0 amide bonds. The molecule has 4 heteroatoms. The molecule has 0 radical (unpaired) electrons. The van der Waals surface area contributed by atoms with Gasteiger partial charge in [0.2, 0.25) is 6.23 Å². The van der Waals surface area contributed by atoms with E-state index in [2.05, 4.69) is 48.3 Å². The van der Waals surface area contributed by atoms with Crippen molar-refractivity contribution in [2.24, 2.45) is 5.10 Å². The molecule has 0 saturated carbocycles. The number of hydrogen-bond acceptors (Lipinski definition) is 3. The molecule has 0 aliphatic carbocycles. The lowest BCUT2D eigenvalue weighted by Crippen LogP contribution is -2.33. The van der Waals surface area contributed by atoms with Gasteiger partial charge >= 0.3 is 0 Å². The van der Waals surface area contributed by atoms with Crippen LogP contribution in [0.15, 0.2) is 77.9 Å². The second-order valence-electron chi connectivity index (χ2n) is 7.08. The predicted molar refractivity (Wildman–Crippen MR) is 108 cm³/mol. The summed E-state index contributed by atoms with van der Waals surface area (Å²) in [5.41, 5.74) is 5.66. The Morgan fingerprint density at radius 1 is 1.00 bits per heavy atom. The Morgan fingerprint density at radius 3 is 2.56 bits per heavy atom. The van der Waals surface area contributed by atoms with Gasteiger partial charge in [0.25, 0.3) is 0 Å². The molecule has 2 atom stereocenters. The number of rotatable bonds is 2. The third-order valence-electron chi connectivity index (χ3n) is 5.22. The zero-order valence-electron chi connectivity index (χ0n) is 15.0. The molecule has 0 fully saturated rings. The van der Waals surface area contributed by atoms with E-state index >= 15 is 0 Å². The Bertz CT molecular complexity index is 1010. The van der Waals surface area contributed by atoms with E-state index in [-0.39, 0.29) is 12.3 Å². The summed E-state index contributed by atoms with van der Waals surface area (Å²) in [5.74, 6) is 0.885. The molecule has 0 N–H and O–H groups in total. The molecule has 3 aromatic carbocycles. The highest BCUT2D eigenvalue weighted by Gasteiger charge is 2.41. The predicted octanol–water partition coefficient (Wildman–Crippen LogP) is 5.89.